The Bertz CT molecular complexity index is 527. The molecule has 0 fully saturated rings. The van der Waals surface area contributed by atoms with E-state index in [1.807, 2.05) is 24.0 Å². The number of nitrogens with zero attached hydrogens (tertiary/aromatic N) is 4. The highest BCUT2D eigenvalue weighted by Crippen LogP contribution is 2.24. The molecule has 1 aliphatic heterocycles. The molecule has 2 N–H and O–H groups in total. The van der Waals surface area contributed by atoms with Gasteiger partial charge in [0, 0.05) is 31.3 Å². The molecule has 84 valence electrons. The van der Waals surface area contributed by atoms with Gasteiger partial charge in [0.05, 0.1) is 18.9 Å². The van der Waals surface area contributed by atoms with Crippen molar-refractivity contribution < 1.29 is 4.74 Å². The Morgan fingerprint density at radius 2 is 2.31 bits per heavy atom. The Morgan fingerprint density at radius 1 is 1.44 bits per heavy atom. The number of ether oxygens (including phenoxy) is 1. The number of anilines is 1. The fraction of sp³-hybridized carbons (Fsp3) is 0.400. The SMILES string of the molecule is Cn1ccc(-n2nc(N)c3c2CCOC3)n1. The summed E-state index contributed by atoms with van der Waals surface area (Å²) in [6.45, 7) is 1.26. The first-order valence-corrected chi connectivity index (χ1v) is 5.19. The lowest BCUT2D eigenvalue weighted by atomic mass is 10.1. The van der Waals surface area contributed by atoms with Gasteiger partial charge in [-0.1, -0.05) is 0 Å². The zero-order chi connectivity index (χ0) is 11.1. The molecule has 0 amide bonds. The van der Waals surface area contributed by atoms with E-state index in [2.05, 4.69) is 10.2 Å². The second-order valence-corrected chi connectivity index (χ2v) is 3.87. The van der Waals surface area contributed by atoms with Crippen LogP contribution in [-0.4, -0.2) is 26.2 Å². The van der Waals surface area contributed by atoms with Gasteiger partial charge >= 0.3 is 0 Å². The molecule has 6 heteroatoms. The van der Waals surface area contributed by atoms with Crippen LogP contribution in [0.25, 0.3) is 5.82 Å². The monoisotopic (exact) mass is 219 g/mol. The van der Waals surface area contributed by atoms with E-state index in [-0.39, 0.29) is 0 Å². The highest BCUT2D eigenvalue weighted by Gasteiger charge is 2.21. The van der Waals surface area contributed by atoms with Gasteiger partial charge in [-0.3, -0.25) is 4.68 Å². The van der Waals surface area contributed by atoms with Crippen LogP contribution in [0.15, 0.2) is 12.3 Å². The quantitative estimate of drug-likeness (QED) is 0.746. The van der Waals surface area contributed by atoms with Gasteiger partial charge in [0.2, 0.25) is 0 Å². The molecule has 0 unspecified atom stereocenters. The highest BCUT2D eigenvalue weighted by molar-refractivity contribution is 5.46. The number of aryl methyl sites for hydroxylation is 1. The van der Waals surface area contributed by atoms with E-state index in [1.54, 1.807) is 4.68 Å². The largest absolute Gasteiger partial charge is 0.382 e. The molecule has 2 aromatic rings. The van der Waals surface area contributed by atoms with Crippen molar-refractivity contribution in [3.8, 4) is 5.82 Å². The van der Waals surface area contributed by atoms with Crippen molar-refractivity contribution in [1.29, 1.82) is 0 Å². The van der Waals surface area contributed by atoms with Crippen molar-refractivity contribution in [2.24, 2.45) is 7.05 Å². The van der Waals surface area contributed by atoms with Gasteiger partial charge in [-0.2, -0.15) is 5.10 Å². The third kappa shape index (κ3) is 1.30. The second-order valence-electron chi connectivity index (χ2n) is 3.87. The van der Waals surface area contributed by atoms with E-state index in [0.717, 1.165) is 23.5 Å². The number of rotatable bonds is 1. The van der Waals surface area contributed by atoms with Gasteiger partial charge in [-0.05, 0) is 0 Å². The third-order valence-corrected chi connectivity index (χ3v) is 2.77. The number of nitrogens with two attached hydrogens (primary N) is 1. The zero-order valence-electron chi connectivity index (χ0n) is 9.05. The molecule has 0 saturated carbocycles. The first-order valence-electron chi connectivity index (χ1n) is 5.19. The molecule has 0 saturated heterocycles. The van der Waals surface area contributed by atoms with Gasteiger partial charge in [0.1, 0.15) is 0 Å². The first-order chi connectivity index (χ1) is 7.75. The minimum absolute atomic E-state index is 0.542. The molecule has 0 aliphatic carbocycles. The predicted octanol–water partition coefficient (Wildman–Crippen LogP) is 0.261. The molecule has 0 atom stereocenters. The molecule has 2 aromatic heterocycles. The van der Waals surface area contributed by atoms with Gasteiger partial charge < -0.3 is 10.5 Å². The average molecular weight is 219 g/mol. The van der Waals surface area contributed by atoms with Crippen molar-refractivity contribution in [3.05, 3.63) is 23.5 Å². The third-order valence-electron chi connectivity index (χ3n) is 2.77. The molecule has 3 rings (SSSR count). The molecule has 6 nitrogen and oxygen atoms in total. The van der Waals surface area contributed by atoms with E-state index in [0.29, 0.717) is 19.0 Å². The number of hydrogen-bond donors (Lipinski definition) is 1. The van der Waals surface area contributed by atoms with E-state index >= 15 is 0 Å². The summed E-state index contributed by atoms with van der Waals surface area (Å²) in [6, 6.07) is 1.92. The molecular weight excluding hydrogens is 206 g/mol. The summed E-state index contributed by atoms with van der Waals surface area (Å²) in [7, 11) is 1.88. The van der Waals surface area contributed by atoms with Crippen LogP contribution in [0.5, 0.6) is 0 Å². The van der Waals surface area contributed by atoms with Gasteiger partial charge in [-0.25, -0.2) is 4.68 Å². The molecular formula is C10H13N5O. The van der Waals surface area contributed by atoms with Gasteiger partial charge in [-0.15, -0.1) is 5.10 Å². The maximum absolute atomic E-state index is 5.86. The molecule has 0 spiro atoms. The lowest BCUT2D eigenvalue weighted by Crippen LogP contribution is -2.13. The topological polar surface area (TPSA) is 70.9 Å². The molecule has 0 bridgehead atoms. The highest BCUT2D eigenvalue weighted by atomic mass is 16.5. The Kier molecular flexibility index (Phi) is 1.97. The number of hydrogen-bond acceptors (Lipinski definition) is 4. The summed E-state index contributed by atoms with van der Waals surface area (Å²) in [5.74, 6) is 1.35. The maximum Gasteiger partial charge on any atom is 0.175 e. The fourth-order valence-electron chi connectivity index (χ4n) is 1.97. The maximum atomic E-state index is 5.86. The fourth-order valence-corrected chi connectivity index (χ4v) is 1.97. The number of fused-ring (bicyclic) bond motifs is 1. The van der Waals surface area contributed by atoms with Crippen LogP contribution in [0.2, 0.25) is 0 Å². The van der Waals surface area contributed by atoms with Crippen molar-refractivity contribution in [2.75, 3.05) is 12.3 Å². The first kappa shape index (κ1) is 9.41. The van der Waals surface area contributed by atoms with E-state index in [1.165, 1.54) is 0 Å². The minimum atomic E-state index is 0.542. The number of nitrogen functional groups attached to an aromatic ring is 1. The molecule has 0 radical (unpaired) electrons. The van der Waals surface area contributed by atoms with Crippen LogP contribution < -0.4 is 5.73 Å². The second kappa shape index (κ2) is 3.34. The van der Waals surface area contributed by atoms with Crippen molar-refractivity contribution in [2.45, 2.75) is 13.0 Å². The van der Waals surface area contributed by atoms with Crippen LogP contribution in [-0.2, 0) is 24.8 Å². The number of aromatic nitrogens is 4. The summed E-state index contributed by atoms with van der Waals surface area (Å²) >= 11 is 0. The normalized spacial score (nSPS) is 15.1. The zero-order valence-corrected chi connectivity index (χ0v) is 9.05. The van der Waals surface area contributed by atoms with Crippen LogP contribution in [0.4, 0.5) is 5.82 Å². The van der Waals surface area contributed by atoms with E-state index in [4.69, 9.17) is 10.5 Å². The average Bonchev–Trinajstić information content (AvgIpc) is 2.84. The van der Waals surface area contributed by atoms with Gasteiger partial charge in [0.25, 0.3) is 0 Å². The van der Waals surface area contributed by atoms with Crippen molar-refractivity contribution in [1.82, 2.24) is 19.6 Å². The Hall–Kier alpha value is -1.82. The predicted molar refractivity (Wildman–Crippen MR) is 58.1 cm³/mol. The van der Waals surface area contributed by atoms with Crippen LogP contribution in [0.1, 0.15) is 11.3 Å². The van der Waals surface area contributed by atoms with Crippen LogP contribution in [0, 0.1) is 0 Å². The van der Waals surface area contributed by atoms with Crippen molar-refractivity contribution in [3.63, 3.8) is 0 Å². The lowest BCUT2D eigenvalue weighted by molar-refractivity contribution is 0.110. The molecule has 3 heterocycles. The molecule has 1 aliphatic rings. The van der Waals surface area contributed by atoms with E-state index in [9.17, 15) is 0 Å². The Morgan fingerprint density at radius 3 is 3.06 bits per heavy atom. The lowest BCUT2D eigenvalue weighted by Gasteiger charge is -2.13. The van der Waals surface area contributed by atoms with Crippen LogP contribution in [0.3, 0.4) is 0 Å². The Balaban J connectivity index is 2.14. The van der Waals surface area contributed by atoms with Crippen LogP contribution >= 0.6 is 0 Å². The summed E-state index contributed by atoms with van der Waals surface area (Å²) in [4.78, 5) is 0. The van der Waals surface area contributed by atoms with Gasteiger partial charge in [0.15, 0.2) is 11.6 Å². The Labute approximate surface area is 92.6 Å². The summed E-state index contributed by atoms with van der Waals surface area (Å²) in [5, 5.41) is 8.64. The molecule has 0 aromatic carbocycles. The smallest absolute Gasteiger partial charge is 0.175 e. The standard InChI is InChI=1S/C10H13N5O/c1-14-4-2-9(12-14)15-8-3-5-16-6-7(8)10(11)13-15/h2,4H,3,5-6H2,1H3,(H2,11,13). The minimum Gasteiger partial charge on any atom is -0.382 e. The molecule has 16 heavy (non-hydrogen) atoms. The van der Waals surface area contributed by atoms with Crippen molar-refractivity contribution >= 4 is 5.82 Å². The van der Waals surface area contributed by atoms with E-state index < -0.39 is 0 Å². The summed E-state index contributed by atoms with van der Waals surface area (Å²) in [6.07, 6.45) is 2.72. The summed E-state index contributed by atoms with van der Waals surface area (Å²) in [5.41, 5.74) is 7.97. The summed E-state index contributed by atoms with van der Waals surface area (Å²) < 4.78 is 8.93.